The number of thiocarbonyl (C=S) groups is 1. The molecule has 1 aromatic carbocycles. The second-order valence-corrected chi connectivity index (χ2v) is 7.73. The van der Waals surface area contributed by atoms with Gasteiger partial charge < -0.3 is 10.5 Å². The quantitative estimate of drug-likeness (QED) is 0.557. The molecule has 6 heteroatoms. The second kappa shape index (κ2) is 8.46. The van der Waals surface area contributed by atoms with E-state index in [0.717, 1.165) is 12.8 Å². The number of sulfone groups is 1. The van der Waals surface area contributed by atoms with Crippen LogP contribution in [0.25, 0.3) is 0 Å². The monoisotopic (exact) mass is 329 g/mol. The van der Waals surface area contributed by atoms with Crippen LogP contribution in [0.2, 0.25) is 0 Å². The lowest BCUT2D eigenvalue weighted by Crippen LogP contribution is -2.15. The number of hydrogen-bond acceptors (Lipinski definition) is 4. The van der Waals surface area contributed by atoms with Crippen molar-refractivity contribution in [2.24, 2.45) is 11.7 Å². The average molecular weight is 329 g/mol. The second-order valence-electron chi connectivity index (χ2n) is 5.18. The van der Waals surface area contributed by atoms with Crippen molar-refractivity contribution in [3.63, 3.8) is 0 Å². The molecule has 0 aliphatic carbocycles. The summed E-state index contributed by atoms with van der Waals surface area (Å²) in [4.78, 5) is 0.528. The maximum absolute atomic E-state index is 12.1. The van der Waals surface area contributed by atoms with E-state index >= 15 is 0 Å². The first-order valence-electron chi connectivity index (χ1n) is 7.07. The molecule has 0 radical (unpaired) electrons. The van der Waals surface area contributed by atoms with Crippen LogP contribution in [-0.2, 0) is 14.6 Å². The van der Waals surface area contributed by atoms with E-state index in [1.165, 1.54) is 12.1 Å². The first-order valence-corrected chi connectivity index (χ1v) is 9.13. The van der Waals surface area contributed by atoms with E-state index in [0.29, 0.717) is 18.1 Å². The molecule has 0 saturated heterocycles. The van der Waals surface area contributed by atoms with Gasteiger partial charge in [-0.3, -0.25) is 0 Å². The zero-order valence-electron chi connectivity index (χ0n) is 12.5. The highest BCUT2D eigenvalue weighted by molar-refractivity contribution is 7.91. The van der Waals surface area contributed by atoms with Gasteiger partial charge in [-0.05, 0) is 24.5 Å². The Morgan fingerprint density at radius 3 is 2.48 bits per heavy atom. The van der Waals surface area contributed by atoms with Crippen LogP contribution >= 0.6 is 12.2 Å². The van der Waals surface area contributed by atoms with Gasteiger partial charge in [0.25, 0.3) is 0 Å². The molecule has 0 amide bonds. The molecular formula is C15H23NO3S2. The Balaban J connectivity index is 2.51. The largest absolute Gasteiger partial charge is 0.389 e. The number of ether oxygens (including phenoxy) is 1. The van der Waals surface area contributed by atoms with Crippen LogP contribution < -0.4 is 5.73 Å². The lowest BCUT2D eigenvalue weighted by Gasteiger charge is -2.11. The van der Waals surface area contributed by atoms with Gasteiger partial charge in [-0.15, -0.1) is 0 Å². The van der Waals surface area contributed by atoms with Crippen LogP contribution in [0.3, 0.4) is 0 Å². The molecule has 1 atom stereocenters. The summed E-state index contributed by atoms with van der Waals surface area (Å²) in [5.74, 6) is 0.445. The van der Waals surface area contributed by atoms with Crippen LogP contribution in [0, 0.1) is 5.92 Å². The van der Waals surface area contributed by atoms with Gasteiger partial charge in [-0.2, -0.15) is 0 Å². The average Bonchev–Trinajstić information content (AvgIpc) is 2.44. The maximum atomic E-state index is 12.1. The zero-order valence-corrected chi connectivity index (χ0v) is 14.2. The normalized spacial score (nSPS) is 13.0. The minimum absolute atomic E-state index is 0.0156. The van der Waals surface area contributed by atoms with E-state index < -0.39 is 9.84 Å². The van der Waals surface area contributed by atoms with Gasteiger partial charge in [-0.1, -0.05) is 44.6 Å². The summed E-state index contributed by atoms with van der Waals surface area (Å²) in [6, 6.07) is 6.31. The molecule has 2 N–H and O–H groups in total. The molecular weight excluding hydrogens is 306 g/mol. The molecule has 0 aliphatic heterocycles. The third kappa shape index (κ3) is 6.11. The molecule has 1 aromatic rings. The summed E-state index contributed by atoms with van der Waals surface area (Å²) in [6.45, 7) is 5.04. The van der Waals surface area contributed by atoms with E-state index in [1.807, 2.05) is 0 Å². The number of rotatable bonds is 9. The van der Waals surface area contributed by atoms with Crippen molar-refractivity contribution >= 4 is 27.0 Å². The molecule has 0 aromatic heterocycles. The molecule has 0 spiro atoms. The summed E-state index contributed by atoms with van der Waals surface area (Å²) < 4.78 is 29.7. The number of hydrogen-bond donors (Lipinski definition) is 1. The van der Waals surface area contributed by atoms with Crippen LogP contribution in [0.1, 0.15) is 32.3 Å². The standard InChI is InChI=1S/C15H23NO3S2/c1-3-4-12(2)11-19-9-10-21(17,18)14-7-5-13(6-8-14)15(16)20/h5-8,12H,3-4,9-11H2,1-2H3,(H2,16,20). The summed E-state index contributed by atoms with van der Waals surface area (Å²) in [5.41, 5.74) is 6.15. The van der Waals surface area contributed by atoms with Gasteiger partial charge >= 0.3 is 0 Å². The van der Waals surface area contributed by atoms with Crippen molar-refractivity contribution in [1.82, 2.24) is 0 Å². The Morgan fingerprint density at radius 2 is 1.95 bits per heavy atom. The predicted molar refractivity (Wildman–Crippen MR) is 89.3 cm³/mol. The molecule has 1 unspecified atom stereocenters. The highest BCUT2D eigenvalue weighted by Gasteiger charge is 2.14. The van der Waals surface area contributed by atoms with Gasteiger partial charge in [0.1, 0.15) is 4.99 Å². The van der Waals surface area contributed by atoms with Crippen LogP contribution in [0.5, 0.6) is 0 Å². The maximum Gasteiger partial charge on any atom is 0.180 e. The Hall–Kier alpha value is -0.980. The summed E-state index contributed by atoms with van der Waals surface area (Å²) in [6.07, 6.45) is 2.20. The van der Waals surface area contributed by atoms with Crippen molar-refractivity contribution in [1.29, 1.82) is 0 Å². The van der Waals surface area contributed by atoms with E-state index in [2.05, 4.69) is 13.8 Å². The van der Waals surface area contributed by atoms with Gasteiger partial charge in [-0.25, -0.2) is 8.42 Å². The summed E-state index contributed by atoms with van der Waals surface area (Å²) >= 11 is 4.84. The molecule has 0 aliphatic rings. The van der Waals surface area contributed by atoms with Gasteiger partial charge in [0.2, 0.25) is 0 Å². The van der Waals surface area contributed by atoms with E-state index in [4.69, 9.17) is 22.7 Å². The minimum atomic E-state index is -3.32. The van der Waals surface area contributed by atoms with Gasteiger partial charge in [0.05, 0.1) is 17.3 Å². The van der Waals surface area contributed by atoms with Gasteiger partial charge in [0.15, 0.2) is 9.84 Å². The van der Waals surface area contributed by atoms with Crippen molar-refractivity contribution < 1.29 is 13.2 Å². The summed E-state index contributed by atoms with van der Waals surface area (Å²) in [7, 11) is -3.32. The summed E-state index contributed by atoms with van der Waals surface area (Å²) in [5, 5.41) is 0. The first-order chi connectivity index (χ1) is 9.86. The number of nitrogens with two attached hydrogens (primary N) is 1. The molecule has 0 saturated carbocycles. The highest BCUT2D eigenvalue weighted by Crippen LogP contribution is 2.13. The fourth-order valence-electron chi connectivity index (χ4n) is 1.97. The number of benzene rings is 1. The van der Waals surface area contributed by atoms with Crippen LogP contribution in [0.4, 0.5) is 0 Å². The van der Waals surface area contributed by atoms with Crippen molar-refractivity contribution in [3.8, 4) is 0 Å². The topological polar surface area (TPSA) is 69.4 Å². The van der Waals surface area contributed by atoms with E-state index in [9.17, 15) is 8.42 Å². The van der Waals surface area contributed by atoms with Crippen molar-refractivity contribution in [2.75, 3.05) is 19.0 Å². The molecule has 0 fully saturated rings. The molecule has 0 bridgehead atoms. The molecule has 0 heterocycles. The Kier molecular flexibility index (Phi) is 7.28. The first kappa shape index (κ1) is 18.1. The third-order valence-corrected chi connectivity index (χ3v) is 5.11. The lowest BCUT2D eigenvalue weighted by atomic mass is 10.1. The molecule has 1 rings (SSSR count). The van der Waals surface area contributed by atoms with Gasteiger partial charge in [0, 0.05) is 12.2 Å². The molecule has 21 heavy (non-hydrogen) atoms. The highest BCUT2D eigenvalue weighted by atomic mass is 32.2. The molecule has 4 nitrogen and oxygen atoms in total. The van der Waals surface area contributed by atoms with E-state index in [1.54, 1.807) is 12.1 Å². The fraction of sp³-hybridized carbons (Fsp3) is 0.533. The Labute approximate surface area is 132 Å². The Morgan fingerprint density at radius 1 is 1.33 bits per heavy atom. The SMILES string of the molecule is CCCC(C)COCCS(=O)(=O)c1ccc(C(N)=S)cc1. The van der Waals surface area contributed by atoms with Crippen molar-refractivity contribution in [3.05, 3.63) is 29.8 Å². The lowest BCUT2D eigenvalue weighted by molar-refractivity contribution is 0.114. The molecule has 118 valence electrons. The fourth-order valence-corrected chi connectivity index (χ4v) is 3.23. The third-order valence-electron chi connectivity index (χ3n) is 3.18. The Bertz CT molecular complexity index is 553. The van der Waals surface area contributed by atoms with E-state index in [-0.39, 0.29) is 22.2 Å². The minimum Gasteiger partial charge on any atom is -0.389 e. The van der Waals surface area contributed by atoms with Crippen molar-refractivity contribution in [2.45, 2.75) is 31.6 Å². The van der Waals surface area contributed by atoms with Crippen LogP contribution in [-0.4, -0.2) is 32.4 Å². The predicted octanol–water partition coefficient (Wildman–Crippen LogP) is 2.55. The zero-order chi connectivity index (χ0) is 15.9. The van der Waals surface area contributed by atoms with Crippen LogP contribution in [0.15, 0.2) is 29.2 Å². The smallest absolute Gasteiger partial charge is 0.180 e.